The van der Waals surface area contributed by atoms with Crippen molar-refractivity contribution in [3.05, 3.63) is 18.2 Å². The molecule has 0 aromatic heterocycles. The molecular weight excluding hydrogens is 270 g/mol. The fourth-order valence-corrected chi connectivity index (χ4v) is 1.95. The van der Waals surface area contributed by atoms with E-state index in [0.717, 1.165) is 12.8 Å². The second-order valence-electron chi connectivity index (χ2n) is 5.25. The maximum absolute atomic E-state index is 12.0. The van der Waals surface area contributed by atoms with Gasteiger partial charge in [0, 0.05) is 18.7 Å². The highest BCUT2D eigenvalue weighted by Gasteiger charge is 2.25. The van der Waals surface area contributed by atoms with Crippen LogP contribution in [0.25, 0.3) is 0 Å². The largest absolute Gasteiger partial charge is 0.495 e. The van der Waals surface area contributed by atoms with E-state index < -0.39 is 0 Å². The molecule has 0 heterocycles. The molecule has 0 saturated heterocycles. The minimum Gasteiger partial charge on any atom is -0.495 e. The van der Waals surface area contributed by atoms with Gasteiger partial charge in [0.2, 0.25) is 11.8 Å². The average Bonchev–Trinajstić information content (AvgIpc) is 3.22. The molecule has 2 rings (SSSR count). The fraction of sp³-hybridized carbons (Fsp3) is 0.467. The number of rotatable bonds is 6. The van der Waals surface area contributed by atoms with Gasteiger partial charge < -0.3 is 20.7 Å². The third-order valence-electron chi connectivity index (χ3n) is 3.21. The van der Waals surface area contributed by atoms with Gasteiger partial charge in [0.05, 0.1) is 12.8 Å². The van der Waals surface area contributed by atoms with Crippen LogP contribution in [0.5, 0.6) is 5.75 Å². The summed E-state index contributed by atoms with van der Waals surface area (Å²) in [7, 11) is 1.56. The lowest BCUT2D eigenvalue weighted by Crippen LogP contribution is -2.38. The molecule has 6 nitrogen and oxygen atoms in total. The number of hydrogen-bond acceptors (Lipinski definition) is 4. The van der Waals surface area contributed by atoms with Crippen LogP contribution in [0.2, 0.25) is 0 Å². The summed E-state index contributed by atoms with van der Waals surface area (Å²) in [4.78, 5) is 23.1. The molecular formula is C15H21N3O3. The van der Waals surface area contributed by atoms with Gasteiger partial charge in [0.25, 0.3) is 0 Å². The smallest absolute Gasteiger partial charge is 0.242 e. The summed E-state index contributed by atoms with van der Waals surface area (Å²) in [5, 5.41) is 8.77. The van der Waals surface area contributed by atoms with Gasteiger partial charge in [0.15, 0.2) is 0 Å². The maximum Gasteiger partial charge on any atom is 0.242 e. The summed E-state index contributed by atoms with van der Waals surface area (Å²) in [6.45, 7) is 3.24. The molecule has 1 aliphatic rings. The van der Waals surface area contributed by atoms with Gasteiger partial charge >= 0.3 is 0 Å². The third kappa shape index (κ3) is 4.37. The van der Waals surface area contributed by atoms with Crippen molar-refractivity contribution in [2.24, 2.45) is 0 Å². The first-order chi connectivity index (χ1) is 9.99. The first-order valence-corrected chi connectivity index (χ1v) is 7.02. The molecule has 1 aliphatic carbocycles. The number of carbonyl (C=O) groups is 2. The zero-order valence-electron chi connectivity index (χ0n) is 12.5. The lowest BCUT2D eigenvalue weighted by atomic mass is 10.2. The van der Waals surface area contributed by atoms with Crippen LogP contribution in [0, 0.1) is 0 Å². The van der Waals surface area contributed by atoms with Gasteiger partial charge in [-0.2, -0.15) is 0 Å². The van der Waals surface area contributed by atoms with Gasteiger partial charge in [0.1, 0.15) is 11.8 Å². The second kappa shape index (κ2) is 6.47. The Kier molecular flexibility index (Phi) is 4.67. The van der Waals surface area contributed by atoms with Gasteiger partial charge in [-0.3, -0.25) is 9.59 Å². The average molecular weight is 291 g/mol. The van der Waals surface area contributed by atoms with E-state index in [0.29, 0.717) is 23.2 Å². The normalized spacial score (nSPS) is 15.0. The molecule has 0 unspecified atom stereocenters. The van der Waals surface area contributed by atoms with Gasteiger partial charge in [-0.05, 0) is 38.0 Å². The van der Waals surface area contributed by atoms with Crippen molar-refractivity contribution in [3.63, 3.8) is 0 Å². The summed E-state index contributed by atoms with van der Waals surface area (Å²) in [6, 6.07) is 5.20. The number of amides is 2. The van der Waals surface area contributed by atoms with Crippen LogP contribution in [0.3, 0.4) is 0 Å². The highest BCUT2D eigenvalue weighted by molar-refractivity contribution is 5.90. The van der Waals surface area contributed by atoms with E-state index in [-0.39, 0.29) is 17.9 Å². The highest BCUT2D eigenvalue weighted by Crippen LogP contribution is 2.28. The van der Waals surface area contributed by atoms with E-state index in [2.05, 4.69) is 16.0 Å². The zero-order valence-corrected chi connectivity index (χ0v) is 12.5. The summed E-state index contributed by atoms with van der Waals surface area (Å²) in [6.07, 6.45) is 2.11. The maximum atomic E-state index is 12.0. The van der Waals surface area contributed by atoms with Crippen molar-refractivity contribution in [1.82, 2.24) is 5.32 Å². The first kappa shape index (κ1) is 15.2. The Balaban J connectivity index is 2.08. The Labute approximate surface area is 124 Å². The Morgan fingerprint density at radius 2 is 2.05 bits per heavy atom. The summed E-state index contributed by atoms with van der Waals surface area (Å²) >= 11 is 0. The lowest BCUT2D eigenvalue weighted by Gasteiger charge is -2.18. The van der Waals surface area contributed by atoms with Crippen LogP contribution in [-0.4, -0.2) is 31.0 Å². The van der Waals surface area contributed by atoms with Crippen LogP contribution >= 0.6 is 0 Å². The molecule has 2 amide bonds. The third-order valence-corrected chi connectivity index (χ3v) is 3.21. The monoisotopic (exact) mass is 291 g/mol. The van der Waals surface area contributed by atoms with E-state index in [1.165, 1.54) is 6.92 Å². The molecule has 1 aromatic carbocycles. The molecule has 0 bridgehead atoms. The molecule has 1 aromatic rings. The van der Waals surface area contributed by atoms with E-state index in [9.17, 15) is 9.59 Å². The first-order valence-electron chi connectivity index (χ1n) is 7.02. The van der Waals surface area contributed by atoms with Crippen LogP contribution in [-0.2, 0) is 9.59 Å². The van der Waals surface area contributed by atoms with Crippen LogP contribution < -0.4 is 20.7 Å². The topological polar surface area (TPSA) is 79.5 Å². The fourth-order valence-electron chi connectivity index (χ4n) is 1.95. The van der Waals surface area contributed by atoms with Crippen LogP contribution in [0.4, 0.5) is 11.4 Å². The van der Waals surface area contributed by atoms with Crippen molar-refractivity contribution >= 4 is 23.2 Å². The molecule has 114 valence electrons. The van der Waals surface area contributed by atoms with Crippen molar-refractivity contribution < 1.29 is 14.3 Å². The quantitative estimate of drug-likeness (QED) is 0.746. The Bertz CT molecular complexity index is 541. The second-order valence-corrected chi connectivity index (χ2v) is 5.25. The van der Waals surface area contributed by atoms with Crippen molar-refractivity contribution in [2.75, 3.05) is 17.7 Å². The van der Waals surface area contributed by atoms with E-state index in [1.54, 1.807) is 32.2 Å². The molecule has 21 heavy (non-hydrogen) atoms. The van der Waals surface area contributed by atoms with E-state index in [4.69, 9.17) is 4.74 Å². The Hall–Kier alpha value is -2.24. The minimum atomic E-state index is -0.382. The zero-order chi connectivity index (χ0) is 15.4. The van der Waals surface area contributed by atoms with Crippen molar-refractivity contribution in [3.8, 4) is 5.75 Å². The highest BCUT2D eigenvalue weighted by atomic mass is 16.5. The van der Waals surface area contributed by atoms with Crippen molar-refractivity contribution in [2.45, 2.75) is 38.8 Å². The molecule has 0 spiro atoms. The number of methoxy groups -OCH3 is 1. The minimum absolute atomic E-state index is 0.0375. The summed E-state index contributed by atoms with van der Waals surface area (Å²) in [5.74, 6) is 0.435. The number of carbonyl (C=O) groups excluding carboxylic acids is 2. The summed E-state index contributed by atoms with van der Waals surface area (Å²) in [5.41, 5.74) is 1.32. The molecule has 1 saturated carbocycles. The standard InChI is InChI=1S/C15H21N3O3/c1-9(15(20)18-11-4-5-11)16-13-8-12(17-10(2)19)6-7-14(13)21-3/h6-9,11,16H,4-5H2,1-3H3,(H,17,19)(H,18,20)/t9-/m1/s1. The number of hydrogen-bond donors (Lipinski definition) is 3. The van der Waals surface area contributed by atoms with E-state index in [1.807, 2.05) is 0 Å². The van der Waals surface area contributed by atoms with Gasteiger partial charge in [-0.25, -0.2) is 0 Å². The Morgan fingerprint density at radius 1 is 1.33 bits per heavy atom. The number of anilines is 2. The number of nitrogens with one attached hydrogen (secondary N) is 3. The predicted molar refractivity (Wildman–Crippen MR) is 81.5 cm³/mol. The molecule has 0 aliphatic heterocycles. The molecule has 1 fully saturated rings. The number of ether oxygens (including phenoxy) is 1. The Morgan fingerprint density at radius 3 is 2.62 bits per heavy atom. The van der Waals surface area contributed by atoms with Crippen LogP contribution in [0.1, 0.15) is 26.7 Å². The van der Waals surface area contributed by atoms with Crippen molar-refractivity contribution in [1.29, 1.82) is 0 Å². The predicted octanol–water partition coefficient (Wildman–Crippen LogP) is 1.73. The molecule has 0 radical (unpaired) electrons. The van der Waals surface area contributed by atoms with Gasteiger partial charge in [-0.15, -0.1) is 0 Å². The van der Waals surface area contributed by atoms with Crippen LogP contribution in [0.15, 0.2) is 18.2 Å². The van der Waals surface area contributed by atoms with Gasteiger partial charge in [-0.1, -0.05) is 0 Å². The SMILES string of the molecule is COc1ccc(NC(C)=O)cc1N[C@H](C)C(=O)NC1CC1. The molecule has 6 heteroatoms. The lowest BCUT2D eigenvalue weighted by molar-refractivity contribution is -0.121. The number of benzene rings is 1. The molecule has 3 N–H and O–H groups in total. The summed E-state index contributed by atoms with van der Waals surface area (Å²) < 4.78 is 5.27. The van der Waals surface area contributed by atoms with E-state index >= 15 is 0 Å². The molecule has 1 atom stereocenters.